The highest BCUT2D eigenvalue weighted by atomic mass is 16.6. The highest BCUT2D eigenvalue weighted by molar-refractivity contribution is 5.71. The van der Waals surface area contributed by atoms with Crippen LogP contribution in [-0.4, -0.2) is 37.2 Å². The fraction of sp³-hybridized carbons (Fsp3) is 0.638. The van der Waals surface area contributed by atoms with E-state index in [1.807, 2.05) is 54.7 Å². The zero-order valence-corrected chi connectivity index (χ0v) is 34.0. The second-order valence-corrected chi connectivity index (χ2v) is 13.6. The summed E-state index contributed by atoms with van der Waals surface area (Å²) in [5, 5.41) is 0. The Kier molecular flexibility index (Phi) is 38.7. The van der Waals surface area contributed by atoms with E-state index in [-0.39, 0.29) is 37.5 Å². The van der Waals surface area contributed by atoms with E-state index in [4.69, 9.17) is 14.2 Å². The quantitative estimate of drug-likeness (QED) is 0.0209. The Labute approximate surface area is 325 Å². The molecule has 6 heteroatoms. The van der Waals surface area contributed by atoms with Crippen molar-refractivity contribution in [3.05, 3.63) is 85.1 Å². The maximum Gasteiger partial charge on any atom is 0.306 e. The van der Waals surface area contributed by atoms with Crippen molar-refractivity contribution in [1.29, 1.82) is 0 Å². The first-order chi connectivity index (χ1) is 26.0. The van der Waals surface area contributed by atoms with E-state index < -0.39 is 6.10 Å². The van der Waals surface area contributed by atoms with Gasteiger partial charge in [0.25, 0.3) is 0 Å². The third-order valence-electron chi connectivity index (χ3n) is 8.48. The van der Waals surface area contributed by atoms with E-state index in [9.17, 15) is 14.4 Å². The minimum Gasteiger partial charge on any atom is -0.462 e. The van der Waals surface area contributed by atoms with Gasteiger partial charge in [-0.05, 0) is 77.0 Å². The maximum atomic E-state index is 12.7. The first kappa shape index (κ1) is 49.6. The van der Waals surface area contributed by atoms with Crippen LogP contribution in [0.1, 0.15) is 175 Å². The number of allylic oxidation sites excluding steroid dienone is 14. The van der Waals surface area contributed by atoms with Crippen molar-refractivity contribution in [2.75, 3.05) is 13.2 Å². The SMILES string of the molecule is CC\C=C/C=C\C=C/C=C\C=C/CCCC(=O)OCC(COC(=O)CCCCCC/C=C\CCCC)OC(=O)CCCCCCC/C=C\CCCCC. The molecule has 1 atom stereocenters. The predicted octanol–water partition coefficient (Wildman–Crippen LogP) is 13.3. The van der Waals surface area contributed by atoms with Crippen LogP contribution in [0, 0.1) is 0 Å². The Balaban J connectivity index is 4.55. The normalized spacial score (nSPS) is 12.9. The van der Waals surface area contributed by atoms with Gasteiger partial charge in [-0.1, -0.05) is 164 Å². The van der Waals surface area contributed by atoms with Gasteiger partial charge in [0.15, 0.2) is 6.10 Å². The fourth-order valence-corrected chi connectivity index (χ4v) is 5.27. The predicted molar refractivity (Wildman–Crippen MR) is 224 cm³/mol. The summed E-state index contributed by atoms with van der Waals surface area (Å²) in [6.07, 6.45) is 51.4. The molecule has 6 nitrogen and oxygen atoms in total. The van der Waals surface area contributed by atoms with Gasteiger partial charge < -0.3 is 14.2 Å². The highest BCUT2D eigenvalue weighted by Gasteiger charge is 2.19. The lowest BCUT2D eigenvalue weighted by atomic mass is 10.1. The average Bonchev–Trinajstić information content (AvgIpc) is 3.15. The molecule has 300 valence electrons. The van der Waals surface area contributed by atoms with E-state index in [1.165, 1.54) is 44.9 Å². The zero-order valence-electron chi connectivity index (χ0n) is 34.0. The van der Waals surface area contributed by atoms with Gasteiger partial charge in [0.05, 0.1) is 0 Å². The van der Waals surface area contributed by atoms with Gasteiger partial charge in [0.1, 0.15) is 13.2 Å². The Morgan fingerprint density at radius 2 is 0.792 bits per heavy atom. The maximum absolute atomic E-state index is 12.7. The lowest BCUT2D eigenvalue weighted by Gasteiger charge is -2.18. The minimum absolute atomic E-state index is 0.110. The van der Waals surface area contributed by atoms with Gasteiger partial charge in [-0.3, -0.25) is 14.4 Å². The summed E-state index contributed by atoms with van der Waals surface area (Å²) in [6, 6.07) is 0. The number of ether oxygens (including phenoxy) is 3. The third kappa shape index (κ3) is 39.6. The van der Waals surface area contributed by atoms with Gasteiger partial charge >= 0.3 is 17.9 Å². The summed E-state index contributed by atoms with van der Waals surface area (Å²) in [5.41, 5.74) is 0. The Morgan fingerprint density at radius 3 is 1.32 bits per heavy atom. The average molecular weight is 737 g/mol. The first-order valence-electron chi connectivity index (χ1n) is 21.2. The molecule has 0 saturated carbocycles. The molecule has 0 spiro atoms. The summed E-state index contributed by atoms with van der Waals surface area (Å²) in [6.45, 7) is 6.30. The molecule has 0 radical (unpaired) electrons. The van der Waals surface area contributed by atoms with Crippen molar-refractivity contribution in [3.8, 4) is 0 Å². The van der Waals surface area contributed by atoms with E-state index in [2.05, 4.69) is 51.2 Å². The molecule has 0 aromatic rings. The van der Waals surface area contributed by atoms with Crippen LogP contribution >= 0.6 is 0 Å². The summed E-state index contributed by atoms with van der Waals surface area (Å²) in [4.78, 5) is 37.6. The van der Waals surface area contributed by atoms with Crippen LogP contribution in [0.3, 0.4) is 0 Å². The summed E-state index contributed by atoms with van der Waals surface area (Å²) in [5.74, 6) is -1.02. The highest BCUT2D eigenvalue weighted by Crippen LogP contribution is 2.12. The Morgan fingerprint density at radius 1 is 0.396 bits per heavy atom. The molecular formula is C47H76O6. The molecule has 1 unspecified atom stereocenters. The van der Waals surface area contributed by atoms with Crippen LogP contribution in [0.25, 0.3) is 0 Å². The molecule has 53 heavy (non-hydrogen) atoms. The third-order valence-corrected chi connectivity index (χ3v) is 8.48. The number of carbonyl (C=O) groups excluding carboxylic acids is 3. The van der Waals surface area contributed by atoms with Gasteiger partial charge in [-0.2, -0.15) is 0 Å². The molecule has 0 fully saturated rings. The number of unbranched alkanes of at least 4 members (excludes halogenated alkanes) is 15. The second kappa shape index (κ2) is 41.3. The number of carbonyl (C=O) groups is 3. The molecule has 0 N–H and O–H groups in total. The van der Waals surface area contributed by atoms with Gasteiger partial charge in [0, 0.05) is 19.3 Å². The van der Waals surface area contributed by atoms with Crippen molar-refractivity contribution in [3.63, 3.8) is 0 Å². The Bertz CT molecular complexity index is 1080. The molecule has 0 saturated heterocycles. The summed E-state index contributed by atoms with van der Waals surface area (Å²) in [7, 11) is 0. The zero-order chi connectivity index (χ0) is 38.7. The monoisotopic (exact) mass is 737 g/mol. The smallest absolute Gasteiger partial charge is 0.306 e. The van der Waals surface area contributed by atoms with Crippen molar-refractivity contribution in [2.45, 2.75) is 181 Å². The van der Waals surface area contributed by atoms with Crippen molar-refractivity contribution < 1.29 is 28.6 Å². The van der Waals surface area contributed by atoms with Crippen molar-refractivity contribution in [2.24, 2.45) is 0 Å². The van der Waals surface area contributed by atoms with Crippen molar-refractivity contribution in [1.82, 2.24) is 0 Å². The minimum atomic E-state index is -0.811. The van der Waals surface area contributed by atoms with Crippen molar-refractivity contribution >= 4 is 17.9 Å². The molecule has 0 aromatic carbocycles. The molecule has 0 aromatic heterocycles. The second-order valence-electron chi connectivity index (χ2n) is 13.6. The fourth-order valence-electron chi connectivity index (χ4n) is 5.27. The van der Waals surface area contributed by atoms with Crippen LogP contribution < -0.4 is 0 Å². The molecule has 0 aliphatic heterocycles. The lowest BCUT2D eigenvalue weighted by Crippen LogP contribution is -2.30. The molecule has 0 aliphatic carbocycles. The number of rotatable bonds is 36. The van der Waals surface area contributed by atoms with Crippen LogP contribution in [-0.2, 0) is 28.6 Å². The molecule has 0 heterocycles. The summed E-state index contributed by atoms with van der Waals surface area (Å²) >= 11 is 0. The number of hydrogen-bond acceptors (Lipinski definition) is 6. The van der Waals surface area contributed by atoms with E-state index in [1.54, 1.807) is 0 Å². The van der Waals surface area contributed by atoms with Crippen LogP contribution in [0.4, 0.5) is 0 Å². The molecule has 0 aliphatic rings. The standard InChI is InChI=1S/C47H76O6/c1-4-7-10-13-16-19-22-24-26-28-31-34-37-40-46(49)52-43-44(42-51-45(48)39-36-33-30-27-21-18-15-12-9-6-3)53-47(50)41-38-35-32-29-25-23-20-17-14-11-8-5-2/h7,10,13,15-20,22,24,26,28,31,44H,4-6,8-9,11-12,14,21,23,25,27,29-30,32-43H2,1-3H3/b10-7-,16-13-,18-15-,20-17-,22-19-,26-24-,31-28-. The molecule has 0 bridgehead atoms. The van der Waals surface area contributed by atoms with Crippen LogP contribution in [0.15, 0.2) is 85.1 Å². The van der Waals surface area contributed by atoms with Gasteiger partial charge in [-0.25, -0.2) is 0 Å². The van der Waals surface area contributed by atoms with Gasteiger partial charge in [0.2, 0.25) is 0 Å². The summed E-state index contributed by atoms with van der Waals surface area (Å²) < 4.78 is 16.6. The van der Waals surface area contributed by atoms with Crippen LogP contribution in [0.2, 0.25) is 0 Å². The van der Waals surface area contributed by atoms with E-state index in [0.717, 1.165) is 83.5 Å². The molecule has 0 amide bonds. The number of esters is 3. The lowest BCUT2D eigenvalue weighted by molar-refractivity contribution is -0.167. The number of hydrogen-bond donors (Lipinski definition) is 0. The topological polar surface area (TPSA) is 78.9 Å². The first-order valence-corrected chi connectivity index (χ1v) is 21.2. The largest absolute Gasteiger partial charge is 0.462 e. The van der Waals surface area contributed by atoms with E-state index in [0.29, 0.717) is 19.3 Å². The Hall–Kier alpha value is -3.41. The van der Waals surface area contributed by atoms with Gasteiger partial charge in [-0.15, -0.1) is 0 Å². The molecule has 0 rings (SSSR count). The molecular weight excluding hydrogens is 661 g/mol. The van der Waals surface area contributed by atoms with Crippen LogP contribution in [0.5, 0.6) is 0 Å². The van der Waals surface area contributed by atoms with E-state index >= 15 is 0 Å².